The van der Waals surface area contributed by atoms with Gasteiger partial charge in [-0.3, -0.25) is 9.59 Å². The first kappa shape index (κ1) is 30.2. The fourth-order valence-electron chi connectivity index (χ4n) is 6.35. The Morgan fingerprint density at radius 2 is 1.63 bits per heavy atom. The molecule has 1 saturated carbocycles. The number of benzene rings is 3. The van der Waals surface area contributed by atoms with Crippen molar-refractivity contribution in [3.05, 3.63) is 107 Å². The molecule has 5 nitrogen and oxygen atoms in total. The van der Waals surface area contributed by atoms with E-state index in [4.69, 9.17) is 5.73 Å². The Labute approximate surface area is 268 Å². The summed E-state index contributed by atoms with van der Waals surface area (Å²) in [6.07, 6.45) is 3.06. The molecule has 1 aliphatic carbocycles. The Morgan fingerprint density at radius 3 is 2.33 bits per heavy atom. The summed E-state index contributed by atoms with van der Waals surface area (Å²) >= 11 is 1.65. The van der Waals surface area contributed by atoms with Crippen LogP contribution in [0.5, 0.6) is 0 Å². The molecule has 7 rings (SSSR count). The van der Waals surface area contributed by atoms with E-state index in [-0.39, 0.29) is 55.3 Å². The Hall–Kier alpha value is -4.50. The maximum absolute atomic E-state index is 13.8. The first-order valence-electron chi connectivity index (χ1n) is 15.5. The van der Waals surface area contributed by atoms with Crippen molar-refractivity contribution in [2.24, 2.45) is 5.92 Å². The number of rotatable bonds is 8. The highest BCUT2D eigenvalue weighted by molar-refractivity contribution is 7.19. The highest BCUT2D eigenvalue weighted by atomic mass is 32.1. The van der Waals surface area contributed by atoms with Crippen LogP contribution in [0.1, 0.15) is 52.4 Å². The van der Waals surface area contributed by atoms with Gasteiger partial charge in [0.2, 0.25) is 0 Å². The van der Waals surface area contributed by atoms with Crippen LogP contribution in [-0.2, 0) is 11.2 Å². The van der Waals surface area contributed by atoms with E-state index in [9.17, 15) is 22.8 Å². The van der Waals surface area contributed by atoms with Crippen LogP contribution in [-0.4, -0.2) is 40.6 Å². The lowest BCUT2D eigenvalue weighted by Crippen LogP contribution is -2.42. The first-order chi connectivity index (χ1) is 22.1. The lowest BCUT2D eigenvalue weighted by molar-refractivity contribution is -0.120. The van der Waals surface area contributed by atoms with Gasteiger partial charge < -0.3 is 10.6 Å². The second kappa shape index (κ2) is 12.0. The van der Waals surface area contributed by atoms with Crippen molar-refractivity contribution in [1.82, 2.24) is 9.88 Å². The van der Waals surface area contributed by atoms with Crippen molar-refractivity contribution in [3.63, 3.8) is 0 Å². The highest BCUT2D eigenvalue weighted by Crippen LogP contribution is 2.49. The quantitative estimate of drug-likeness (QED) is 0.185. The molecule has 2 aliphatic rings. The summed E-state index contributed by atoms with van der Waals surface area (Å²) in [5.41, 5.74) is 10.9. The third-order valence-electron chi connectivity index (χ3n) is 9.13. The molecule has 3 aromatic carbocycles. The number of nitrogens with zero attached hydrogens (tertiary/aromatic N) is 2. The first-order valence-corrected chi connectivity index (χ1v) is 16.3. The van der Waals surface area contributed by atoms with E-state index in [1.54, 1.807) is 47.9 Å². The van der Waals surface area contributed by atoms with E-state index in [0.29, 0.717) is 24.2 Å². The van der Waals surface area contributed by atoms with Gasteiger partial charge in [0.1, 0.15) is 17.4 Å². The number of halogens is 3. The molecule has 5 aromatic rings. The number of ketones is 1. The van der Waals surface area contributed by atoms with Gasteiger partial charge in [0.25, 0.3) is 11.8 Å². The van der Waals surface area contributed by atoms with Gasteiger partial charge in [0, 0.05) is 65.2 Å². The summed E-state index contributed by atoms with van der Waals surface area (Å²) in [5.74, 6) is -2.32. The zero-order chi connectivity index (χ0) is 32.0. The number of nitrogen functional groups attached to an aromatic ring is 1. The molecule has 2 aromatic heterocycles. The van der Waals surface area contributed by atoms with E-state index in [1.807, 2.05) is 18.2 Å². The number of nitrogens with two attached hydrogens (primary N) is 1. The summed E-state index contributed by atoms with van der Waals surface area (Å²) < 4.78 is 42.1. The molecule has 1 saturated heterocycles. The van der Waals surface area contributed by atoms with Gasteiger partial charge in [-0.15, -0.1) is 11.3 Å². The van der Waals surface area contributed by atoms with Crippen LogP contribution >= 0.6 is 11.3 Å². The van der Waals surface area contributed by atoms with Crippen molar-refractivity contribution in [3.8, 4) is 22.3 Å². The van der Waals surface area contributed by atoms with Crippen LogP contribution in [0.3, 0.4) is 0 Å². The van der Waals surface area contributed by atoms with Crippen molar-refractivity contribution < 1.29 is 22.8 Å². The van der Waals surface area contributed by atoms with E-state index in [1.165, 1.54) is 17.0 Å². The molecule has 1 amide bonds. The Morgan fingerprint density at radius 1 is 0.913 bits per heavy atom. The number of piperidine rings is 1. The Bertz CT molecular complexity index is 1910. The number of fused-ring (bicyclic) bond motifs is 1. The maximum Gasteiger partial charge on any atom is 0.253 e. The predicted octanol–water partition coefficient (Wildman–Crippen LogP) is 8.53. The molecular weight excluding hydrogens is 607 g/mol. The predicted molar refractivity (Wildman–Crippen MR) is 176 cm³/mol. The largest absolute Gasteiger partial charge is 0.384 e. The summed E-state index contributed by atoms with van der Waals surface area (Å²) in [5, 5.41) is 1.02. The van der Waals surface area contributed by atoms with E-state index in [2.05, 4.69) is 23.2 Å². The lowest BCUT2D eigenvalue weighted by Gasteiger charge is -2.31. The SMILES string of the molecule is Nc1ccc([C@H]2C[C@@H]2C(=O)CCc2cc3cc(-c4ccc(C(=O)N5CCC(F)(F)CC5)cc4)cc(-c4ccc(F)cc4)c3s2)cn1. The summed E-state index contributed by atoms with van der Waals surface area (Å²) in [4.78, 5) is 32.8. The van der Waals surface area contributed by atoms with Crippen molar-refractivity contribution in [2.45, 2.75) is 43.9 Å². The second-order valence-electron chi connectivity index (χ2n) is 12.3. The topological polar surface area (TPSA) is 76.3 Å². The number of hydrogen-bond donors (Lipinski definition) is 1. The number of Topliss-reactive ketones (excluding diaryl/α,β-unsaturated/α-hetero) is 1. The van der Waals surface area contributed by atoms with E-state index >= 15 is 0 Å². The maximum atomic E-state index is 13.8. The molecule has 0 spiro atoms. The third kappa shape index (κ3) is 6.29. The number of hydrogen-bond acceptors (Lipinski definition) is 5. The number of anilines is 1. The van der Waals surface area contributed by atoms with Crippen LogP contribution in [0.25, 0.3) is 32.3 Å². The molecule has 2 atom stereocenters. The number of likely N-dealkylation sites (tertiary alicyclic amines) is 1. The van der Waals surface area contributed by atoms with Gasteiger partial charge in [-0.2, -0.15) is 0 Å². The highest BCUT2D eigenvalue weighted by Gasteiger charge is 2.43. The molecule has 0 radical (unpaired) electrons. The smallest absolute Gasteiger partial charge is 0.253 e. The minimum absolute atomic E-state index is 0.0203. The van der Waals surface area contributed by atoms with Crippen LogP contribution < -0.4 is 5.73 Å². The number of amides is 1. The van der Waals surface area contributed by atoms with Crippen LogP contribution in [0.15, 0.2) is 85.1 Å². The molecule has 2 N–H and O–H groups in total. The third-order valence-corrected chi connectivity index (χ3v) is 10.4. The zero-order valence-electron chi connectivity index (χ0n) is 25.0. The summed E-state index contributed by atoms with van der Waals surface area (Å²) in [7, 11) is 0. The summed E-state index contributed by atoms with van der Waals surface area (Å²) in [6.45, 7) is 0.0807. The number of pyridine rings is 1. The average molecular weight is 640 g/mol. The fraction of sp³-hybridized carbons (Fsp3) is 0.270. The van der Waals surface area contributed by atoms with E-state index < -0.39 is 5.92 Å². The van der Waals surface area contributed by atoms with Gasteiger partial charge in [-0.05, 0) is 94.9 Å². The van der Waals surface area contributed by atoms with Crippen molar-refractivity contribution >= 4 is 38.9 Å². The van der Waals surface area contributed by atoms with E-state index in [0.717, 1.165) is 49.2 Å². The number of carbonyl (C=O) groups is 2. The van der Waals surface area contributed by atoms with Gasteiger partial charge >= 0.3 is 0 Å². The molecule has 46 heavy (non-hydrogen) atoms. The Balaban J connectivity index is 1.12. The minimum Gasteiger partial charge on any atom is -0.384 e. The number of aromatic nitrogens is 1. The number of alkyl halides is 2. The summed E-state index contributed by atoms with van der Waals surface area (Å²) in [6, 6.07) is 23.7. The van der Waals surface area contributed by atoms with Crippen LogP contribution in [0.4, 0.5) is 19.0 Å². The zero-order valence-corrected chi connectivity index (χ0v) is 25.8. The van der Waals surface area contributed by atoms with Crippen molar-refractivity contribution in [2.75, 3.05) is 18.8 Å². The molecular formula is C37H32F3N3O2S. The molecule has 2 fully saturated rings. The molecule has 0 unspecified atom stereocenters. The van der Waals surface area contributed by atoms with Crippen molar-refractivity contribution in [1.29, 1.82) is 0 Å². The molecule has 1 aliphatic heterocycles. The average Bonchev–Trinajstić information content (AvgIpc) is 3.75. The monoisotopic (exact) mass is 639 g/mol. The Kier molecular flexibility index (Phi) is 7.88. The van der Waals surface area contributed by atoms with Crippen LogP contribution in [0, 0.1) is 11.7 Å². The molecule has 0 bridgehead atoms. The van der Waals surface area contributed by atoms with Gasteiger partial charge in [-0.1, -0.05) is 30.3 Å². The molecule has 3 heterocycles. The molecule has 234 valence electrons. The van der Waals surface area contributed by atoms with Gasteiger partial charge in [-0.25, -0.2) is 18.2 Å². The van der Waals surface area contributed by atoms with Gasteiger partial charge in [0.15, 0.2) is 0 Å². The minimum atomic E-state index is -2.71. The lowest BCUT2D eigenvalue weighted by atomic mass is 9.96. The van der Waals surface area contributed by atoms with Gasteiger partial charge in [0.05, 0.1) is 0 Å². The fourth-order valence-corrected chi connectivity index (χ4v) is 7.53. The normalized spacial score (nSPS) is 18.9. The number of thiophene rings is 1. The second-order valence-corrected chi connectivity index (χ2v) is 13.5. The van der Waals surface area contributed by atoms with Crippen LogP contribution in [0.2, 0.25) is 0 Å². The number of aryl methyl sites for hydroxylation is 1. The standard InChI is InChI=1S/C37H32F3N3O2S/c38-28-8-5-23(6-9-28)31-19-26(22-1-3-24(4-2-22)36(45)43-15-13-37(39,40)14-16-43)17-27-18-29(46-35(27)31)10-11-33(44)32-20-30(32)25-7-12-34(41)42-21-25/h1-9,12,17-19,21,30,32H,10-11,13-16,20H2,(H2,41,42)/t30-,32+/m1/s1. The molecule has 9 heteroatoms. The number of carbonyl (C=O) groups excluding carboxylic acids is 2.